The summed E-state index contributed by atoms with van der Waals surface area (Å²) in [5, 5.41) is -0.270. The summed E-state index contributed by atoms with van der Waals surface area (Å²) in [6.45, 7) is -1.46. The van der Waals surface area contributed by atoms with Crippen LogP contribution in [0, 0.1) is 17.6 Å². The van der Waals surface area contributed by atoms with E-state index in [1.54, 1.807) is 4.72 Å². The molecule has 6 nitrogen and oxygen atoms in total. The van der Waals surface area contributed by atoms with Crippen molar-refractivity contribution in [1.82, 2.24) is 9.97 Å². The largest absolute Gasteiger partial charge is 0.486 e. The summed E-state index contributed by atoms with van der Waals surface area (Å²) in [4.78, 5) is 5.15. The van der Waals surface area contributed by atoms with Gasteiger partial charge in [0.2, 0.25) is 0 Å². The zero-order valence-corrected chi connectivity index (χ0v) is 14.8. The number of fused-ring (bicyclic) bond motifs is 1. The molecular formula is C15H10ClF4N3O3S. The molecule has 3 aromatic rings. The monoisotopic (exact) mass is 423 g/mol. The van der Waals surface area contributed by atoms with Gasteiger partial charge in [0.05, 0.1) is 10.5 Å². The van der Waals surface area contributed by atoms with Crippen molar-refractivity contribution in [2.24, 2.45) is 0 Å². The minimum Gasteiger partial charge on any atom is -0.486 e. The molecule has 1 aromatic carbocycles. The highest BCUT2D eigenvalue weighted by Gasteiger charge is 2.24. The van der Waals surface area contributed by atoms with Crippen LogP contribution in [0.4, 0.5) is 23.4 Å². The zero-order valence-electron chi connectivity index (χ0n) is 13.2. The molecule has 0 radical (unpaired) electrons. The van der Waals surface area contributed by atoms with Gasteiger partial charge < -0.3 is 9.72 Å². The van der Waals surface area contributed by atoms with Crippen molar-refractivity contribution in [1.29, 1.82) is 0 Å². The molecule has 0 aliphatic rings. The van der Waals surface area contributed by atoms with Crippen molar-refractivity contribution in [2.45, 2.75) is 4.90 Å². The van der Waals surface area contributed by atoms with Crippen molar-refractivity contribution in [2.75, 3.05) is 18.0 Å². The van der Waals surface area contributed by atoms with Crippen molar-refractivity contribution in [3.8, 4) is 5.75 Å². The van der Waals surface area contributed by atoms with Gasteiger partial charge in [0.25, 0.3) is 16.0 Å². The van der Waals surface area contributed by atoms with E-state index in [9.17, 15) is 26.0 Å². The Labute approximate surface area is 155 Å². The van der Waals surface area contributed by atoms with Crippen molar-refractivity contribution in [3.05, 3.63) is 47.0 Å². The van der Waals surface area contributed by atoms with Gasteiger partial charge in [0.1, 0.15) is 18.2 Å². The summed E-state index contributed by atoms with van der Waals surface area (Å²) >= 11 is 5.63. The van der Waals surface area contributed by atoms with E-state index in [0.717, 1.165) is 12.3 Å². The predicted molar refractivity (Wildman–Crippen MR) is 89.7 cm³/mol. The van der Waals surface area contributed by atoms with Crippen molar-refractivity contribution < 1.29 is 30.7 Å². The van der Waals surface area contributed by atoms with E-state index in [0.29, 0.717) is 6.07 Å². The van der Waals surface area contributed by atoms with E-state index in [1.807, 2.05) is 0 Å². The van der Waals surface area contributed by atoms with Gasteiger partial charge in [-0.1, -0.05) is 11.6 Å². The lowest BCUT2D eigenvalue weighted by molar-refractivity contribution is 0.258. The first-order chi connectivity index (χ1) is 12.7. The molecule has 0 spiro atoms. The number of anilines is 1. The lowest BCUT2D eigenvalue weighted by atomic mass is 10.2. The Kier molecular flexibility index (Phi) is 5.16. The first-order valence-corrected chi connectivity index (χ1v) is 9.13. The third-order valence-electron chi connectivity index (χ3n) is 3.46. The Morgan fingerprint density at radius 3 is 2.70 bits per heavy atom. The number of hydrogen-bond acceptors (Lipinski definition) is 4. The second-order valence-electron chi connectivity index (χ2n) is 5.19. The molecule has 2 heterocycles. The number of nitrogens with zero attached hydrogens (tertiary/aromatic N) is 1. The van der Waals surface area contributed by atoms with Crippen LogP contribution < -0.4 is 9.46 Å². The van der Waals surface area contributed by atoms with E-state index in [-0.39, 0.29) is 15.9 Å². The van der Waals surface area contributed by atoms with Crippen molar-refractivity contribution >= 4 is 38.3 Å². The van der Waals surface area contributed by atoms with Crippen LogP contribution in [0.15, 0.2) is 29.3 Å². The summed E-state index contributed by atoms with van der Waals surface area (Å²) in [7, 11) is -4.46. The third-order valence-corrected chi connectivity index (χ3v) is 5.13. The highest BCUT2D eigenvalue weighted by Crippen LogP contribution is 2.30. The molecule has 2 aromatic heterocycles. The molecule has 0 aliphatic carbocycles. The number of H-pyrrole nitrogens is 1. The molecule has 12 heteroatoms. The summed E-state index contributed by atoms with van der Waals surface area (Å²) in [5.74, 6) is -5.05. The first kappa shape index (κ1) is 19.2. The topological polar surface area (TPSA) is 84.1 Å². The maximum absolute atomic E-state index is 14.0. The van der Waals surface area contributed by atoms with Gasteiger partial charge >= 0.3 is 0 Å². The molecule has 144 valence electrons. The number of alkyl halides is 1. The van der Waals surface area contributed by atoms with Crippen LogP contribution in [-0.4, -0.2) is 31.7 Å². The molecule has 0 saturated heterocycles. The fourth-order valence-corrected chi connectivity index (χ4v) is 3.63. The van der Waals surface area contributed by atoms with Crippen LogP contribution in [0.2, 0.25) is 5.02 Å². The molecular weight excluding hydrogens is 414 g/mol. The van der Waals surface area contributed by atoms with Crippen LogP contribution in [0.25, 0.3) is 10.9 Å². The van der Waals surface area contributed by atoms with Gasteiger partial charge in [0.15, 0.2) is 23.2 Å². The summed E-state index contributed by atoms with van der Waals surface area (Å²) < 4.78 is 85.2. The highest BCUT2D eigenvalue weighted by molar-refractivity contribution is 7.93. The van der Waals surface area contributed by atoms with Gasteiger partial charge in [-0.2, -0.15) is 9.37 Å². The Bertz CT molecular complexity index is 1120. The van der Waals surface area contributed by atoms with Crippen LogP contribution in [0.1, 0.15) is 0 Å². The van der Waals surface area contributed by atoms with Crippen LogP contribution in [0.5, 0.6) is 5.75 Å². The summed E-state index contributed by atoms with van der Waals surface area (Å²) in [6, 6.07) is 2.94. The lowest BCUT2D eigenvalue weighted by Gasteiger charge is -2.10. The van der Waals surface area contributed by atoms with E-state index in [1.165, 1.54) is 6.07 Å². The summed E-state index contributed by atoms with van der Waals surface area (Å²) in [6.07, 6.45) is 0.972. The predicted octanol–water partition coefficient (Wildman–Crippen LogP) is 3.78. The number of pyridine rings is 1. The molecule has 0 unspecified atom stereocenters. The maximum Gasteiger partial charge on any atom is 0.265 e. The fraction of sp³-hybridized carbons (Fsp3) is 0.133. The minimum atomic E-state index is -4.46. The second kappa shape index (κ2) is 7.24. The number of halogens is 5. The number of rotatable bonds is 6. The van der Waals surface area contributed by atoms with Crippen molar-refractivity contribution in [3.63, 3.8) is 0 Å². The fourth-order valence-electron chi connectivity index (χ4n) is 2.29. The Hall–Kier alpha value is -2.53. The number of hydrogen-bond donors (Lipinski definition) is 2. The van der Waals surface area contributed by atoms with E-state index < -0.39 is 57.3 Å². The second-order valence-corrected chi connectivity index (χ2v) is 7.25. The van der Waals surface area contributed by atoms with Gasteiger partial charge in [-0.3, -0.25) is 4.72 Å². The average Bonchev–Trinajstić information content (AvgIpc) is 3.05. The number of benzene rings is 1. The third kappa shape index (κ3) is 3.65. The first-order valence-electron chi connectivity index (χ1n) is 7.27. The quantitative estimate of drug-likeness (QED) is 0.467. The van der Waals surface area contributed by atoms with E-state index in [2.05, 4.69) is 14.7 Å². The lowest BCUT2D eigenvalue weighted by Crippen LogP contribution is -2.16. The molecule has 0 fully saturated rings. The normalized spacial score (nSPS) is 11.7. The Morgan fingerprint density at radius 1 is 1.26 bits per heavy atom. The van der Waals surface area contributed by atoms with Crippen LogP contribution in [-0.2, 0) is 10.0 Å². The Morgan fingerprint density at radius 2 is 2.00 bits per heavy atom. The minimum absolute atomic E-state index is 0.0480. The molecule has 0 atom stereocenters. The van der Waals surface area contributed by atoms with Crippen LogP contribution in [0.3, 0.4) is 0 Å². The number of nitrogens with one attached hydrogen (secondary N) is 2. The molecule has 0 aliphatic heterocycles. The number of aromatic amines is 1. The van der Waals surface area contributed by atoms with Gasteiger partial charge in [-0.05, 0) is 12.1 Å². The highest BCUT2D eigenvalue weighted by atomic mass is 35.5. The van der Waals surface area contributed by atoms with Crippen LogP contribution >= 0.6 is 11.6 Å². The smallest absolute Gasteiger partial charge is 0.265 e. The number of aromatic nitrogens is 2. The molecule has 2 N–H and O–H groups in total. The number of sulfonamides is 1. The SMILES string of the molecule is O=S(=O)(Nc1nc(F)c(OCCF)cc1F)c1c[nH]c2c(F)c(Cl)ccc12. The van der Waals surface area contributed by atoms with Gasteiger partial charge in [0, 0.05) is 17.6 Å². The Balaban J connectivity index is 1.98. The molecule has 0 amide bonds. The van der Waals surface area contributed by atoms with E-state index >= 15 is 0 Å². The molecule has 0 saturated carbocycles. The molecule has 27 heavy (non-hydrogen) atoms. The average molecular weight is 424 g/mol. The van der Waals surface area contributed by atoms with Gasteiger partial charge in [-0.25, -0.2) is 21.6 Å². The zero-order chi connectivity index (χ0) is 19.8. The molecule has 3 rings (SSSR count). The molecule has 0 bridgehead atoms. The maximum atomic E-state index is 14.0. The number of ether oxygens (including phenoxy) is 1. The van der Waals surface area contributed by atoms with Gasteiger partial charge in [-0.15, -0.1) is 0 Å². The van der Waals surface area contributed by atoms with E-state index in [4.69, 9.17) is 11.6 Å². The summed E-state index contributed by atoms with van der Waals surface area (Å²) in [5.41, 5.74) is -0.169. The standard InChI is InChI=1S/C15H10ClF4N3O3S/c16-8-2-1-7-11(6-21-13(7)12(8)19)27(24,25)23-15-9(18)5-10(14(20)22-15)26-4-3-17/h1-2,5-6,21H,3-4H2,(H,22,23).